The van der Waals surface area contributed by atoms with E-state index in [9.17, 15) is 9.18 Å². The van der Waals surface area contributed by atoms with E-state index in [0.717, 1.165) is 18.5 Å². The summed E-state index contributed by atoms with van der Waals surface area (Å²) in [7, 11) is 0. The van der Waals surface area contributed by atoms with Crippen molar-refractivity contribution in [3.63, 3.8) is 0 Å². The Morgan fingerprint density at radius 3 is 2.41 bits per heavy atom. The molecule has 0 spiro atoms. The van der Waals surface area contributed by atoms with E-state index in [1.165, 1.54) is 17.7 Å². The standard InChI is InChI=1S/C18H20FNO2/c1-2-3-14-4-8-16(9-5-14)20-18(21)12-13-22-17-10-6-15(19)7-11-17/h4-11H,2-3,12-13H2,1H3,(H,20,21). The third kappa shape index (κ3) is 5.20. The van der Waals surface area contributed by atoms with Crippen LogP contribution in [0.15, 0.2) is 48.5 Å². The molecule has 0 bridgehead atoms. The molecular formula is C18H20FNO2. The highest BCUT2D eigenvalue weighted by molar-refractivity contribution is 5.90. The lowest BCUT2D eigenvalue weighted by molar-refractivity contribution is -0.116. The first-order chi connectivity index (χ1) is 10.7. The molecule has 4 heteroatoms. The second-order valence-electron chi connectivity index (χ2n) is 5.05. The number of carbonyl (C=O) groups excluding carboxylic acids is 1. The molecule has 2 aromatic carbocycles. The van der Waals surface area contributed by atoms with Crippen molar-refractivity contribution in [2.24, 2.45) is 0 Å². The molecule has 0 aliphatic heterocycles. The predicted molar refractivity (Wildman–Crippen MR) is 85.6 cm³/mol. The summed E-state index contributed by atoms with van der Waals surface area (Å²) < 4.78 is 18.1. The number of hydrogen-bond donors (Lipinski definition) is 1. The lowest BCUT2D eigenvalue weighted by atomic mass is 10.1. The van der Waals surface area contributed by atoms with Gasteiger partial charge in [0.05, 0.1) is 13.0 Å². The van der Waals surface area contributed by atoms with Crippen LogP contribution in [0.25, 0.3) is 0 Å². The van der Waals surface area contributed by atoms with Gasteiger partial charge in [0.25, 0.3) is 0 Å². The molecule has 116 valence electrons. The highest BCUT2D eigenvalue weighted by Gasteiger charge is 2.03. The minimum absolute atomic E-state index is 0.106. The highest BCUT2D eigenvalue weighted by atomic mass is 19.1. The van der Waals surface area contributed by atoms with Crippen molar-refractivity contribution in [3.05, 3.63) is 59.9 Å². The highest BCUT2D eigenvalue weighted by Crippen LogP contribution is 2.13. The Kier molecular flexibility index (Phi) is 5.95. The first-order valence-corrected chi connectivity index (χ1v) is 7.44. The second-order valence-corrected chi connectivity index (χ2v) is 5.05. The van der Waals surface area contributed by atoms with E-state index in [0.29, 0.717) is 5.75 Å². The van der Waals surface area contributed by atoms with Crippen molar-refractivity contribution in [2.45, 2.75) is 26.2 Å². The van der Waals surface area contributed by atoms with Crippen molar-refractivity contribution in [1.82, 2.24) is 0 Å². The number of rotatable bonds is 7. The van der Waals surface area contributed by atoms with Gasteiger partial charge < -0.3 is 10.1 Å². The third-order valence-corrected chi connectivity index (χ3v) is 3.19. The maximum absolute atomic E-state index is 12.7. The Morgan fingerprint density at radius 2 is 1.77 bits per heavy atom. The molecule has 0 radical (unpaired) electrons. The smallest absolute Gasteiger partial charge is 0.227 e. The van der Waals surface area contributed by atoms with Crippen molar-refractivity contribution < 1.29 is 13.9 Å². The molecule has 0 atom stereocenters. The summed E-state index contributed by atoms with van der Waals surface area (Å²) in [6.45, 7) is 2.39. The number of anilines is 1. The molecule has 0 saturated carbocycles. The van der Waals surface area contributed by atoms with Gasteiger partial charge in [-0.3, -0.25) is 4.79 Å². The Balaban J connectivity index is 1.74. The van der Waals surface area contributed by atoms with Crippen LogP contribution in [0.2, 0.25) is 0 Å². The summed E-state index contributed by atoms with van der Waals surface area (Å²) in [6.07, 6.45) is 2.39. The summed E-state index contributed by atoms with van der Waals surface area (Å²) in [5.74, 6) is 0.139. The molecule has 0 unspecified atom stereocenters. The molecule has 0 aliphatic rings. The van der Waals surface area contributed by atoms with E-state index in [1.54, 1.807) is 12.1 Å². The van der Waals surface area contributed by atoms with Crippen LogP contribution in [0.5, 0.6) is 5.75 Å². The summed E-state index contributed by atoms with van der Waals surface area (Å²) in [5, 5.41) is 2.83. The van der Waals surface area contributed by atoms with E-state index in [-0.39, 0.29) is 24.8 Å². The fourth-order valence-electron chi connectivity index (χ4n) is 2.06. The lowest BCUT2D eigenvalue weighted by Crippen LogP contribution is -2.15. The number of amides is 1. The van der Waals surface area contributed by atoms with Crippen molar-refractivity contribution in [3.8, 4) is 5.75 Å². The molecule has 1 amide bonds. The Labute approximate surface area is 130 Å². The minimum Gasteiger partial charge on any atom is -0.493 e. The van der Waals surface area contributed by atoms with Crippen LogP contribution in [-0.2, 0) is 11.2 Å². The van der Waals surface area contributed by atoms with Gasteiger partial charge in [0.2, 0.25) is 5.91 Å². The number of benzene rings is 2. The van der Waals surface area contributed by atoms with Crippen LogP contribution in [0.4, 0.5) is 10.1 Å². The zero-order valence-corrected chi connectivity index (χ0v) is 12.6. The SMILES string of the molecule is CCCc1ccc(NC(=O)CCOc2ccc(F)cc2)cc1. The summed E-state index contributed by atoms with van der Waals surface area (Å²) in [6, 6.07) is 13.6. The van der Waals surface area contributed by atoms with Gasteiger partial charge in [-0.25, -0.2) is 4.39 Å². The van der Waals surface area contributed by atoms with E-state index in [2.05, 4.69) is 12.2 Å². The summed E-state index contributed by atoms with van der Waals surface area (Å²) in [5.41, 5.74) is 2.05. The van der Waals surface area contributed by atoms with Crippen molar-refractivity contribution in [2.75, 3.05) is 11.9 Å². The van der Waals surface area contributed by atoms with Crippen LogP contribution in [0, 0.1) is 5.82 Å². The fraction of sp³-hybridized carbons (Fsp3) is 0.278. The van der Waals surface area contributed by atoms with E-state index in [1.807, 2.05) is 24.3 Å². The van der Waals surface area contributed by atoms with Crippen LogP contribution in [0.3, 0.4) is 0 Å². The predicted octanol–water partition coefficient (Wildman–Crippen LogP) is 4.19. The molecule has 0 aromatic heterocycles. The number of nitrogens with one attached hydrogen (secondary N) is 1. The van der Waals surface area contributed by atoms with E-state index in [4.69, 9.17) is 4.74 Å². The number of halogens is 1. The molecule has 2 aromatic rings. The van der Waals surface area contributed by atoms with Crippen LogP contribution >= 0.6 is 0 Å². The van der Waals surface area contributed by atoms with Gasteiger partial charge in [0.15, 0.2) is 0 Å². The minimum atomic E-state index is -0.309. The fourth-order valence-corrected chi connectivity index (χ4v) is 2.06. The zero-order valence-electron chi connectivity index (χ0n) is 12.6. The summed E-state index contributed by atoms with van der Waals surface area (Å²) >= 11 is 0. The quantitative estimate of drug-likeness (QED) is 0.833. The molecular weight excluding hydrogens is 281 g/mol. The lowest BCUT2D eigenvalue weighted by Gasteiger charge is -2.08. The molecule has 1 N–H and O–H groups in total. The van der Waals surface area contributed by atoms with Gasteiger partial charge >= 0.3 is 0 Å². The average molecular weight is 301 g/mol. The molecule has 3 nitrogen and oxygen atoms in total. The largest absolute Gasteiger partial charge is 0.493 e. The van der Waals surface area contributed by atoms with Gasteiger partial charge in [-0.15, -0.1) is 0 Å². The maximum atomic E-state index is 12.7. The molecule has 0 fully saturated rings. The van der Waals surface area contributed by atoms with Gasteiger partial charge in [0.1, 0.15) is 11.6 Å². The monoisotopic (exact) mass is 301 g/mol. The number of aryl methyl sites for hydroxylation is 1. The maximum Gasteiger partial charge on any atom is 0.227 e. The van der Waals surface area contributed by atoms with E-state index >= 15 is 0 Å². The first-order valence-electron chi connectivity index (χ1n) is 7.44. The van der Waals surface area contributed by atoms with Gasteiger partial charge in [0, 0.05) is 5.69 Å². The first kappa shape index (κ1) is 16.0. The second kappa shape index (κ2) is 8.17. The van der Waals surface area contributed by atoms with Gasteiger partial charge in [-0.05, 0) is 48.4 Å². The Bertz CT molecular complexity index is 593. The van der Waals surface area contributed by atoms with Crippen molar-refractivity contribution >= 4 is 11.6 Å². The van der Waals surface area contributed by atoms with Gasteiger partial charge in [-0.2, -0.15) is 0 Å². The van der Waals surface area contributed by atoms with Crippen molar-refractivity contribution in [1.29, 1.82) is 0 Å². The summed E-state index contributed by atoms with van der Waals surface area (Å²) in [4.78, 5) is 11.8. The van der Waals surface area contributed by atoms with Crippen LogP contribution < -0.4 is 10.1 Å². The number of carbonyl (C=O) groups is 1. The topological polar surface area (TPSA) is 38.3 Å². The molecule has 2 rings (SSSR count). The van der Waals surface area contributed by atoms with E-state index < -0.39 is 0 Å². The van der Waals surface area contributed by atoms with Crippen LogP contribution in [-0.4, -0.2) is 12.5 Å². The molecule has 22 heavy (non-hydrogen) atoms. The molecule has 0 heterocycles. The normalized spacial score (nSPS) is 10.3. The Hall–Kier alpha value is -2.36. The number of ether oxygens (including phenoxy) is 1. The van der Waals surface area contributed by atoms with Gasteiger partial charge in [-0.1, -0.05) is 25.5 Å². The number of hydrogen-bond acceptors (Lipinski definition) is 2. The zero-order chi connectivity index (χ0) is 15.8. The molecule has 0 saturated heterocycles. The van der Waals surface area contributed by atoms with Crippen LogP contribution in [0.1, 0.15) is 25.3 Å². The molecule has 0 aliphatic carbocycles. The Morgan fingerprint density at radius 1 is 1.09 bits per heavy atom. The average Bonchev–Trinajstić information content (AvgIpc) is 2.51. The third-order valence-electron chi connectivity index (χ3n) is 3.19.